The standard InChI is InChI=1S/C39H35BrFN3O4/c40-35-13-5-4-11-32(35)25-39(38(46)44-42-26-27-8-6-12-33(41)24-27)36(30-16-14-29(15-17-30)28-9-2-1-3-10-28)48-37(43-39)31-18-20-34(21-19-31)47-23-7-22-45/h1-6,8-21,24,36,42,45H,7,22-23,25-26H2,(H,44,46)/t36-,39-/m0/s1. The first kappa shape index (κ1) is 33.1. The molecule has 0 unspecified atom stereocenters. The highest BCUT2D eigenvalue weighted by molar-refractivity contribution is 9.10. The molecule has 0 bridgehead atoms. The average molecular weight is 709 g/mol. The number of halogens is 2. The number of ether oxygens (including phenoxy) is 2. The number of carbonyl (C=O) groups is 1. The predicted octanol–water partition coefficient (Wildman–Crippen LogP) is 7.34. The summed E-state index contributed by atoms with van der Waals surface area (Å²) in [6, 6.07) is 39.3. The first-order chi connectivity index (χ1) is 23.4. The van der Waals surface area contributed by atoms with E-state index in [-0.39, 0.29) is 25.4 Å². The molecule has 0 aliphatic carbocycles. The van der Waals surface area contributed by atoms with E-state index in [1.54, 1.807) is 12.1 Å². The molecule has 5 aromatic carbocycles. The van der Waals surface area contributed by atoms with Gasteiger partial charge in [-0.1, -0.05) is 101 Å². The maximum atomic E-state index is 14.5. The Bertz CT molecular complexity index is 1870. The number of nitrogens with one attached hydrogen (secondary N) is 2. The molecule has 0 fully saturated rings. The second-order valence-electron chi connectivity index (χ2n) is 11.5. The van der Waals surface area contributed by atoms with Crippen molar-refractivity contribution in [2.24, 2.45) is 4.99 Å². The molecule has 9 heteroatoms. The number of aliphatic hydroxyl groups is 1. The number of rotatable bonds is 13. The number of benzene rings is 5. The lowest BCUT2D eigenvalue weighted by Crippen LogP contribution is -2.53. The Morgan fingerprint density at radius 3 is 2.31 bits per heavy atom. The van der Waals surface area contributed by atoms with Gasteiger partial charge in [0, 0.05) is 36.0 Å². The molecule has 5 aromatic rings. The van der Waals surface area contributed by atoms with Crippen LogP contribution in [0.1, 0.15) is 34.8 Å². The molecule has 2 atom stereocenters. The first-order valence-corrected chi connectivity index (χ1v) is 16.5. The highest BCUT2D eigenvalue weighted by Gasteiger charge is 2.53. The summed E-state index contributed by atoms with van der Waals surface area (Å²) in [5.74, 6) is 0.220. The van der Waals surface area contributed by atoms with Crippen LogP contribution in [0.4, 0.5) is 4.39 Å². The third-order valence-corrected chi connectivity index (χ3v) is 8.93. The summed E-state index contributed by atoms with van der Waals surface area (Å²) in [4.78, 5) is 19.6. The number of nitrogens with zero attached hydrogens (tertiary/aromatic N) is 1. The minimum Gasteiger partial charge on any atom is -0.494 e. The van der Waals surface area contributed by atoms with Gasteiger partial charge in [0.2, 0.25) is 5.90 Å². The number of hydrazine groups is 1. The predicted molar refractivity (Wildman–Crippen MR) is 188 cm³/mol. The molecule has 1 amide bonds. The second-order valence-corrected chi connectivity index (χ2v) is 12.3. The monoisotopic (exact) mass is 707 g/mol. The van der Waals surface area contributed by atoms with E-state index in [0.717, 1.165) is 26.7 Å². The lowest BCUT2D eigenvalue weighted by atomic mass is 9.82. The molecule has 1 heterocycles. The smallest absolute Gasteiger partial charge is 0.266 e. The summed E-state index contributed by atoms with van der Waals surface area (Å²) >= 11 is 3.67. The van der Waals surface area contributed by atoms with Crippen LogP contribution in [0.25, 0.3) is 11.1 Å². The minimum absolute atomic E-state index is 0.0508. The highest BCUT2D eigenvalue weighted by Crippen LogP contribution is 2.43. The maximum Gasteiger partial charge on any atom is 0.266 e. The molecule has 7 nitrogen and oxygen atoms in total. The van der Waals surface area contributed by atoms with Crippen molar-refractivity contribution >= 4 is 27.7 Å². The van der Waals surface area contributed by atoms with Crippen LogP contribution in [0.15, 0.2) is 137 Å². The highest BCUT2D eigenvalue weighted by atomic mass is 79.9. The molecular weight excluding hydrogens is 673 g/mol. The molecule has 244 valence electrons. The van der Waals surface area contributed by atoms with Gasteiger partial charge < -0.3 is 14.6 Å². The fraction of sp³-hybridized carbons (Fsp3) is 0.179. The molecule has 0 saturated carbocycles. The number of aliphatic hydroxyl groups excluding tert-OH is 1. The summed E-state index contributed by atoms with van der Waals surface area (Å²) in [5.41, 5.74) is 9.55. The number of aliphatic imine (C=N–C) groups is 1. The van der Waals surface area contributed by atoms with Gasteiger partial charge in [0.1, 0.15) is 11.6 Å². The van der Waals surface area contributed by atoms with Crippen LogP contribution in [0.5, 0.6) is 5.75 Å². The van der Waals surface area contributed by atoms with E-state index >= 15 is 0 Å². The van der Waals surface area contributed by atoms with Gasteiger partial charge >= 0.3 is 0 Å². The van der Waals surface area contributed by atoms with Crippen molar-refractivity contribution in [3.8, 4) is 16.9 Å². The molecule has 48 heavy (non-hydrogen) atoms. The molecule has 1 aliphatic heterocycles. The van der Waals surface area contributed by atoms with Crippen molar-refractivity contribution in [1.29, 1.82) is 0 Å². The van der Waals surface area contributed by atoms with Crippen LogP contribution in [-0.2, 0) is 22.5 Å². The first-order valence-electron chi connectivity index (χ1n) is 15.7. The maximum absolute atomic E-state index is 14.5. The van der Waals surface area contributed by atoms with Crippen molar-refractivity contribution in [2.75, 3.05) is 13.2 Å². The van der Waals surface area contributed by atoms with Crippen LogP contribution in [-0.4, -0.2) is 35.7 Å². The molecule has 0 aromatic heterocycles. The van der Waals surface area contributed by atoms with E-state index in [4.69, 9.17) is 19.6 Å². The molecule has 6 rings (SSSR count). The number of hydrogen-bond donors (Lipinski definition) is 3. The lowest BCUT2D eigenvalue weighted by Gasteiger charge is -2.31. The van der Waals surface area contributed by atoms with Crippen LogP contribution in [0.3, 0.4) is 0 Å². The van der Waals surface area contributed by atoms with Gasteiger partial charge in [-0.3, -0.25) is 10.2 Å². The zero-order valence-electron chi connectivity index (χ0n) is 26.1. The summed E-state index contributed by atoms with van der Waals surface area (Å²) in [5, 5.41) is 9.10. The summed E-state index contributed by atoms with van der Waals surface area (Å²) in [7, 11) is 0. The third-order valence-electron chi connectivity index (χ3n) is 8.15. The summed E-state index contributed by atoms with van der Waals surface area (Å²) < 4.78 is 27.1. The number of hydrogen-bond acceptors (Lipinski definition) is 6. The van der Waals surface area contributed by atoms with Crippen molar-refractivity contribution in [3.63, 3.8) is 0 Å². The Labute approximate surface area is 287 Å². The SMILES string of the molecule is O=C(NNCc1cccc(F)c1)[C@@]1(Cc2ccccc2Br)N=C(c2ccc(OCCCO)cc2)O[C@H]1c1ccc(-c2ccccc2)cc1. The van der Waals surface area contributed by atoms with Crippen molar-refractivity contribution < 1.29 is 23.8 Å². The third kappa shape index (κ3) is 7.65. The Morgan fingerprint density at radius 1 is 0.875 bits per heavy atom. The Morgan fingerprint density at radius 2 is 1.58 bits per heavy atom. The number of amides is 1. The number of carbonyl (C=O) groups excluding carboxylic acids is 1. The Kier molecular flexibility index (Phi) is 10.6. The van der Waals surface area contributed by atoms with Crippen LogP contribution in [0, 0.1) is 5.82 Å². The van der Waals surface area contributed by atoms with Gasteiger partial charge in [-0.15, -0.1) is 0 Å². The molecule has 0 saturated heterocycles. The van der Waals surface area contributed by atoms with E-state index < -0.39 is 17.6 Å². The fourth-order valence-corrected chi connectivity index (χ4v) is 6.10. The van der Waals surface area contributed by atoms with E-state index in [1.807, 2.05) is 91.0 Å². The fourth-order valence-electron chi connectivity index (χ4n) is 5.68. The quantitative estimate of drug-likeness (QED) is 0.0880. The Hall–Kier alpha value is -4.83. The van der Waals surface area contributed by atoms with E-state index in [1.165, 1.54) is 12.1 Å². The summed E-state index contributed by atoms with van der Waals surface area (Å²) in [6.07, 6.45) is -0.0398. The largest absolute Gasteiger partial charge is 0.494 e. The molecular formula is C39H35BrFN3O4. The molecule has 3 N–H and O–H groups in total. The molecule has 1 aliphatic rings. The van der Waals surface area contributed by atoms with Gasteiger partial charge in [0.25, 0.3) is 5.91 Å². The van der Waals surface area contributed by atoms with Crippen molar-refractivity contribution in [3.05, 3.63) is 160 Å². The summed E-state index contributed by atoms with van der Waals surface area (Å²) in [6.45, 7) is 0.654. The van der Waals surface area contributed by atoms with Gasteiger partial charge in [0.15, 0.2) is 11.6 Å². The van der Waals surface area contributed by atoms with Gasteiger partial charge in [0.05, 0.1) is 6.61 Å². The zero-order chi connectivity index (χ0) is 33.3. The van der Waals surface area contributed by atoms with Crippen LogP contribution >= 0.6 is 15.9 Å². The van der Waals surface area contributed by atoms with E-state index in [0.29, 0.717) is 35.8 Å². The van der Waals surface area contributed by atoms with Gasteiger partial charge in [-0.25, -0.2) is 14.8 Å². The van der Waals surface area contributed by atoms with Crippen molar-refractivity contribution in [1.82, 2.24) is 10.9 Å². The van der Waals surface area contributed by atoms with Gasteiger partial charge in [-0.2, -0.15) is 0 Å². The zero-order valence-corrected chi connectivity index (χ0v) is 27.7. The van der Waals surface area contributed by atoms with Crippen LogP contribution in [0.2, 0.25) is 0 Å². The Balaban J connectivity index is 1.38. The molecule has 0 radical (unpaired) electrons. The lowest BCUT2D eigenvalue weighted by molar-refractivity contribution is -0.130. The van der Waals surface area contributed by atoms with E-state index in [9.17, 15) is 9.18 Å². The van der Waals surface area contributed by atoms with Crippen LogP contribution < -0.4 is 15.6 Å². The van der Waals surface area contributed by atoms with Gasteiger partial charge in [-0.05, 0) is 70.3 Å². The normalized spacial score (nSPS) is 17.0. The molecule has 0 spiro atoms. The van der Waals surface area contributed by atoms with Crippen molar-refractivity contribution in [2.45, 2.75) is 31.0 Å². The second kappa shape index (κ2) is 15.4. The average Bonchev–Trinajstić information content (AvgIpc) is 3.50. The van der Waals surface area contributed by atoms with E-state index in [2.05, 4.69) is 38.9 Å². The minimum atomic E-state index is -1.43. The topological polar surface area (TPSA) is 92.2 Å².